The fourth-order valence-corrected chi connectivity index (χ4v) is 2.56. The number of aromatic nitrogens is 2. The summed E-state index contributed by atoms with van der Waals surface area (Å²) in [5, 5.41) is 0. The molecule has 0 fully saturated rings. The van der Waals surface area contributed by atoms with Crippen LogP contribution in [0.15, 0.2) is 30.3 Å². The average molecular weight is 311 g/mol. The molecule has 0 saturated carbocycles. The van der Waals surface area contributed by atoms with Crippen molar-refractivity contribution >= 4 is 22.6 Å². The highest BCUT2D eigenvalue weighted by molar-refractivity contribution is 6.17. The van der Waals surface area contributed by atoms with E-state index in [1.54, 1.807) is 10.6 Å². The van der Waals surface area contributed by atoms with Gasteiger partial charge < -0.3 is 0 Å². The molecule has 0 spiro atoms. The second-order valence-electron chi connectivity index (χ2n) is 4.66. The Morgan fingerprint density at radius 1 is 1.14 bits per heavy atom. The number of halogens is 4. The molecule has 1 aromatic heterocycles. The zero-order chi connectivity index (χ0) is 15.1. The second kappa shape index (κ2) is 5.07. The molecule has 0 aliphatic heterocycles. The summed E-state index contributed by atoms with van der Waals surface area (Å²) in [6.07, 6.45) is 0. The van der Waals surface area contributed by atoms with E-state index in [0.717, 1.165) is 17.7 Å². The Balaban J connectivity index is 2.39. The van der Waals surface area contributed by atoms with E-state index in [2.05, 4.69) is 4.98 Å². The number of rotatable bonds is 2. The quantitative estimate of drug-likeness (QED) is 0.504. The first-order valence-electron chi connectivity index (χ1n) is 6.20. The third-order valence-electron chi connectivity index (χ3n) is 3.29. The SMILES string of the molecule is Cc1cccc2nc(CCl)n(-c3cc(F)c(F)c(F)c3)c12. The van der Waals surface area contributed by atoms with Crippen molar-refractivity contribution in [3.63, 3.8) is 0 Å². The summed E-state index contributed by atoms with van der Waals surface area (Å²) in [5.74, 6) is -3.49. The molecule has 0 aliphatic carbocycles. The van der Waals surface area contributed by atoms with Crippen molar-refractivity contribution in [1.82, 2.24) is 9.55 Å². The van der Waals surface area contributed by atoms with E-state index in [4.69, 9.17) is 11.6 Å². The molecule has 0 saturated heterocycles. The lowest BCUT2D eigenvalue weighted by molar-refractivity contribution is 0.446. The van der Waals surface area contributed by atoms with E-state index in [1.165, 1.54) is 0 Å². The molecule has 0 radical (unpaired) electrons. The van der Waals surface area contributed by atoms with Gasteiger partial charge in [-0.2, -0.15) is 0 Å². The third-order valence-corrected chi connectivity index (χ3v) is 3.53. The lowest BCUT2D eigenvalue weighted by Gasteiger charge is -2.10. The first-order valence-corrected chi connectivity index (χ1v) is 6.74. The number of hydrogen-bond donors (Lipinski definition) is 0. The first kappa shape index (κ1) is 13.9. The van der Waals surface area contributed by atoms with Gasteiger partial charge in [0.1, 0.15) is 5.82 Å². The van der Waals surface area contributed by atoms with Gasteiger partial charge in [0.15, 0.2) is 17.5 Å². The minimum Gasteiger partial charge on any atom is -0.295 e. The maximum Gasteiger partial charge on any atom is 0.194 e. The van der Waals surface area contributed by atoms with Crippen LogP contribution >= 0.6 is 11.6 Å². The molecule has 2 aromatic carbocycles. The summed E-state index contributed by atoms with van der Waals surface area (Å²) in [4.78, 5) is 4.34. The zero-order valence-corrected chi connectivity index (χ0v) is 11.8. The van der Waals surface area contributed by atoms with Crippen LogP contribution in [-0.2, 0) is 5.88 Å². The predicted octanol–water partition coefficient (Wildman–Crippen LogP) is 4.49. The van der Waals surface area contributed by atoms with Crippen molar-refractivity contribution in [2.24, 2.45) is 0 Å². The maximum atomic E-state index is 13.5. The van der Waals surface area contributed by atoms with Gasteiger partial charge in [-0.3, -0.25) is 4.57 Å². The summed E-state index contributed by atoms with van der Waals surface area (Å²) >= 11 is 5.87. The van der Waals surface area contributed by atoms with Gasteiger partial charge in [-0.15, -0.1) is 11.6 Å². The summed E-state index contributed by atoms with van der Waals surface area (Å²) in [6.45, 7) is 1.86. The van der Waals surface area contributed by atoms with Crippen molar-refractivity contribution in [1.29, 1.82) is 0 Å². The van der Waals surface area contributed by atoms with Gasteiger partial charge in [0, 0.05) is 12.1 Å². The fraction of sp³-hybridized carbons (Fsp3) is 0.133. The molecule has 2 nitrogen and oxygen atoms in total. The van der Waals surface area contributed by atoms with E-state index >= 15 is 0 Å². The van der Waals surface area contributed by atoms with E-state index in [0.29, 0.717) is 16.9 Å². The first-order chi connectivity index (χ1) is 10.0. The van der Waals surface area contributed by atoms with Gasteiger partial charge >= 0.3 is 0 Å². The van der Waals surface area contributed by atoms with E-state index in [1.807, 2.05) is 19.1 Å². The molecule has 3 aromatic rings. The summed E-state index contributed by atoms with van der Waals surface area (Å²) in [6, 6.07) is 7.34. The Morgan fingerprint density at radius 2 is 1.81 bits per heavy atom. The van der Waals surface area contributed by atoms with Gasteiger partial charge in [-0.1, -0.05) is 12.1 Å². The number of hydrogen-bond acceptors (Lipinski definition) is 1. The summed E-state index contributed by atoms with van der Waals surface area (Å²) < 4.78 is 41.6. The van der Waals surface area contributed by atoms with Crippen molar-refractivity contribution < 1.29 is 13.2 Å². The van der Waals surface area contributed by atoms with Crippen LogP contribution in [0.1, 0.15) is 11.4 Å². The van der Waals surface area contributed by atoms with Gasteiger partial charge in [-0.25, -0.2) is 18.2 Å². The molecule has 0 atom stereocenters. The minimum absolute atomic E-state index is 0.0642. The topological polar surface area (TPSA) is 17.8 Å². The average Bonchev–Trinajstić information content (AvgIpc) is 2.84. The lowest BCUT2D eigenvalue weighted by Crippen LogP contribution is -2.03. The molecule has 1 heterocycles. The highest BCUT2D eigenvalue weighted by Crippen LogP contribution is 2.27. The molecule has 6 heteroatoms. The Bertz CT molecular complexity index is 819. The number of para-hydroxylation sites is 1. The number of fused-ring (bicyclic) bond motifs is 1. The Morgan fingerprint density at radius 3 is 2.43 bits per heavy atom. The maximum absolute atomic E-state index is 13.5. The molecule has 0 unspecified atom stereocenters. The standard InChI is InChI=1S/C15H10ClF3N2/c1-8-3-2-4-12-15(8)21(13(7-16)20-12)9-5-10(17)14(19)11(18)6-9/h2-6H,7H2,1H3. The highest BCUT2D eigenvalue weighted by Gasteiger charge is 2.17. The Labute approximate surface area is 123 Å². The lowest BCUT2D eigenvalue weighted by atomic mass is 10.2. The van der Waals surface area contributed by atoms with Gasteiger partial charge in [0.05, 0.1) is 22.6 Å². The fourth-order valence-electron chi connectivity index (χ4n) is 2.38. The van der Waals surface area contributed by atoms with Crippen molar-refractivity contribution in [2.75, 3.05) is 0 Å². The smallest absolute Gasteiger partial charge is 0.194 e. The monoisotopic (exact) mass is 310 g/mol. The molecule has 0 bridgehead atoms. The number of benzene rings is 2. The van der Waals surface area contributed by atoms with Crippen LogP contribution in [0.5, 0.6) is 0 Å². The second-order valence-corrected chi connectivity index (χ2v) is 4.93. The van der Waals surface area contributed by atoms with Crippen LogP contribution in [0.2, 0.25) is 0 Å². The molecule has 0 amide bonds. The van der Waals surface area contributed by atoms with Gasteiger partial charge in [0.2, 0.25) is 0 Å². The number of imidazole rings is 1. The molecule has 108 valence electrons. The predicted molar refractivity (Wildman–Crippen MR) is 75.2 cm³/mol. The molecule has 3 rings (SSSR count). The summed E-state index contributed by atoms with van der Waals surface area (Å²) in [5.41, 5.74) is 2.38. The Kier molecular flexibility index (Phi) is 3.37. The van der Waals surface area contributed by atoms with Crippen molar-refractivity contribution in [3.05, 3.63) is 59.2 Å². The number of alkyl halides is 1. The highest BCUT2D eigenvalue weighted by atomic mass is 35.5. The molecular weight excluding hydrogens is 301 g/mol. The largest absolute Gasteiger partial charge is 0.295 e. The number of aryl methyl sites for hydroxylation is 1. The zero-order valence-electron chi connectivity index (χ0n) is 11.0. The molecule has 0 N–H and O–H groups in total. The van der Waals surface area contributed by atoms with Crippen LogP contribution in [-0.4, -0.2) is 9.55 Å². The van der Waals surface area contributed by atoms with Crippen molar-refractivity contribution in [3.8, 4) is 5.69 Å². The minimum atomic E-state index is -1.49. The normalized spacial score (nSPS) is 11.3. The molecular formula is C15H10ClF3N2. The van der Waals surface area contributed by atoms with Gasteiger partial charge in [-0.05, 0) is 18.6 Å². The summed E-state index contributed by atoms with van der Waals surface area (Å²) in [7, 11) is 0. The number of nitrogens with zero attached hydrogens (tertiary/aromatic N) is 2. The van der Waals surface area contributed by atoms with E-state index in [-0.39, 0.29) is 11.6 Å². The van der Waals surface area contributed by atoms with Crippen LogP contribution in [0.4, 0.5) is 13.2 Å². The van der Waals surface area contributed by atoms with Crippen LogP contribution in [0.3, 0.4) is 0 Å². The Hall–Kier alpha value is -2.01. The third kappa shape index (κ3) is 2.17. The van der Waals surface area contributed by atoms with E-state index in [9.17, 15) is 13.2 Å². The van der Waals surface area contributed by atoms with Crippen LogP contribution < -0.4 is 0 Å². The van der Waals surface area contributed by atoms with Crippen molar-refractivity contribution in [2.45, 2.75) is 12.8 Å². The van der Waals surface area contributed by atoms with Crippen LogP contribution in [0, 0.1) is 24.4 Å². The molecule has 0 aliphatic rings. The van der Waals surface area contributed by atoms with E-state index < -0.39 is 17.5 Å². The van der Waals surface area contributed by atoms with Gasteiger partial charge in [0.25, 0.3) is 0 Å². The molecule has 21 heavy (non-hydrogen) atoms. The van der Waals surface area contributed by atoms with Crippen LogP contribution in [0.25, 0.3) is 16.7 Å².